The van der Waals surface area contributed by atoms with E-state index in [2.05, 4.69) is 5.32 Å². The van der Waals surface area contributed by atoms with Gasteiger partial charge in [-0.3, -0.25) is 4.79 Å². The second-order valence-corrected chi connectivity index (χ2v) is 5.86. The summed E-state index contributed by atoms with van der Waals surface area (Å²) in [5.41, 5.74) is 6.50. The van der Waals surface area contributed by atoms with Crippen LogP contribution in [-0.4, -0.2) is 18.5 Å². The van der Waals surface area contributed by atoms with E-state index >= 15 is 0 Å². The Morgan fingerprint density at radius 3 is 2.84 bits per heavy atom. The summed E-state index contributed by atoms with van der Waals surface area (Å²) in [7, 11) is 0. The topological polar surface area (TPSA) is 55.1 Å². The molecule has 0 saturated heterocycles. The highest BCUT2D eigenvalue weighted by atomic mass is 35.5. The second kappa shape index (κ2) is 6.60. The van der Waals surface area contributed by atoms with E-state index in [4.69, 9.17) is 28.9 Å². The molecule has 5 heteroatoms. The molecule has 1 aromatic rings. The van der Waals surface area contributed by atoms with Gasteiger partial charge in [0, 0.05) is 16.1 Å². The molecule has 2 rings (SSSR count). The van der Waals surface area contributed by atoms with Gasteiger partial charge in [0.15, 0.2) is 0 Å². The number of hydrogen-bond donors (Lipinski definition) is 2. The van der Waals surface area contributed by atoms with E-state index in [1.165, 1.54) is 0 Å². The van der Waals surface area contributed by atoms with E-state index in [1.807, 2.05) is 0 Å². The zero-order chi connectivity index (χ0) is 13.8. The molecule has 0 aromatic heterocycles. The van der Waals surface area contributed by atoms with Crippen molar-refractivity contribution < 1.29 is 4.79 Å². The number of nitrogens with one attached hydrogen (secondary N) is 1. The van der Waals surface area contributed by atoms with Gasteiger partial charge in [0.2, 0.25) is 5.91 Å². The van der Waals surface area contributed by atoms with Crippen molar-refractivity contribution in [2.75, 3.05) is 6.54 Å². The first-order valence-electron chi connectivity index (χ1n) is 6.53. The average Bonchev–Trinajstić information content (AvgIpc) is 2.80. The summed E-state index contributed by atoms with van der Waals surface area (Å²) in [6.45, 7) is 0.632. The molecule has 1 aromatic carbocycles. The van der Waals surface area contributed by atoms with E-state index < -0.39 is 0 Å². The van der Waals surface area contributed by atoms with Gasteiger partial charge in [-0.15, -0.1) is 0 Å². The van der Waals surface area contributed by atoms with Crippen molar-refractivity contribution in [2.24, 2.45) is 11.7 Å². The molecule has 0 aliphatic heterocycles. The first-order chi connectivity index (χ1) is 9.10. The van der Waals surface area contributed by atoms with Crippen LogP contribution >= 0.6 is 23.2 Å². The smallest absolute Gasteiger partial charge is 0.224 e. The highest BCUT2D eigenvalue weighted by Gasteiger charge is 2.27. The maximum Gasteiger partial charge on any atom is 0.224 e. The van der Waals surface area contributed by atoms with Crippen molar-refractivity contribution in [3.05, 3.63) is 33.8 Å². The zero-order valence-electron chi connectivity index (χ0n) is 10.7. The van der Waals surface area contributed by atoms with Crippen LogP contribution in [0.25, 0.3) is 0 Å². The van der Waals surface area contributed by atoms with Gasteiger partial charge >= 0.3 is 0 Å². The molecular weight excluding hydrogens is 283 g/mol. The zero-order valence-corrected chi connectivity index (χ0v) is 12.2. The lowest BCUT2D eigenvalue weighted by molar-refractivity contribution is -0.121. The quantitative estimate of drug-likeness (QED) is 0.898. The monoisotopic (exact) mass is 300 g/mol. The molecule has 1 fully saturated rings. The van der Waals surface area contributed by atoms with Gasteiger partial charge in [0.25, 0.3) is 0 Å². The standard InChI is InChI=1S/C14H18Cl2N2O/c15-11-5-4-9(12(16)7-11)6-14(19)18-13-3-1-2-10(13)8-17/h4-5,7,10,13H,1-3,6,8,17H2,(H,18,19). The average molecular weight is 301 g/mol. The Balaban J connectivity index is 1.94. The van der Waals surface area contributed by atoms with Gasteiger partial charge in [-0.25, -0.2) is 0 Å². The third-order valence-electron chi connectivity index (χ3n) is 3.67. The van der Waals surface area contributed by atoms with Gasteiger partial charge in [-0.1, -0.05) is 35.7 Å². The molecule has 2 atom stereocenters. The maximum absolute atomic E-state index is 12.0. The third kappa shape index (κ3) is 3.85. The molecule has 2 unspecified atom stereocenters. The minimum atomic E-state index is -0.00503. The SMILES string of the molecule is NCC1CCCC1NC(=O)Cc1ccc(Cl)cc1Cl. The van der Waals surface area contributed by atoms with E-state index in [-0.39, 0.29) is 18.4 Å². The van der Waals surface area contributed by atoms with Crippen LogP contribution in [0.1, 0.15) is 24.8 Å². The predicted octanol–water partition coefficient (Wildman–Crippen LogP) is 2.78. The van der Waals surface area contributed by atoms with Crippen LogP contribution < -0.4 is 11.1 Å². The van der Waals surface area contributed by atoms with Crippen molar-refractivity contribution >= 4 is 29.1 Å². The Kier molecular flexibility index (Phi) is 5.08. The normalized spacial score (nSPS) is 22.5. The fourth-order valence-corrected chi connectivity index (χ4v) is 3.08. The molecule has 3 nitrogen and oxygen atoms in total. The largest absolute Gasteiger partial charge is 0.353 e. The van der Waals surface area contributed by atoms with Crippen LogP contribution in [0.4, 0.5) is 0 Å². The predicted molar refractivity (Wildman–Crippen MR) is 78.5 cm³/mol. The fourth-order valence-electron chi connectivity index (χ4n) is 2.60. The first-order valence-corrected chi connectivity index (χ1v) is 7.29. The second-order valence-electron chi connectivity index (χ2n) is 5.01. The number of carbonyl (C=O) groups is 1. The van der Waals surface area contributed by atoms with Gasteiger partial charge < -0.3 is 11.1 Å². The molecule has 1 aliphatic carbocycles. The molecule has 1 amide bonds. The summed E-state index contributed by atoms with van der Waals surface area (Å²) >= 11 is 11.9. The van der Waals surface area contributed by atoms with Gasteiger partial charge in [-0.05, 0) is 43.0 Å². The van der Waals surface area contributed by atoms with Crippen LogP contribution in [0.2, 0.25) is 10.0 Å². The maximum atomic E-state index is 12.0. The summed E-state index contributed by atoms with van der Waals surface area (Å²) in [5, 5.41) is 4.17. The van der Waals surface area contributed by atoms with Crippen LogP contribution in [-0.2, 0) is 11.2 Å². The number of amides is 1. The van der Waals surface area contributed by atoms with Crippen molar-refractivity contribution in [1.29, 1.82) is 0 Å². The number of nitrogens with two attached hydrogens (primary N) is 1. The Hall–Kier alpha value is -0.770. The lowest BCUT2D eigenvalue weighted by Gasteiger charge is -2.19. The molecule has 19 heavy (non-hydrogen) atoms. The van der Waals surface area contributed by atoms with E-state index in [1.54, 1.807) is 18.2 Å². The van der Waals surface area contributed by atoms with E-state index in [9.17, 15) is 4.79 Å². The molecule has 0 bridgehead atoms. The van der Waals surface area contributed by atoms with Gasteiger partial charge in [0.1, 0.15) is 0 Å². The van der Waals surface area contributed by atoms with Crippen molar-refractivity contribution in [2.45, 2.75) is 31.7 Å². The lowest BCUT2D eigenvalue weighted by Crippen LogP contribution is -2.40. The highest BCUT2D eigenvalue weighted by molar-refractivity contribution is 6.35. The Bertz CT molecular complexity index is 465. The summed E-state index contributed by atoms with van der Waals surface area (Å²) in [4.78, 5) is 12.0. The molecule has 0 radical (unpaired) electrons. The number of halogens is 2. The Labute approximate surface area is 123 Å². The fraction of sp³-hybridized carbons (Fsp3) is 0.500. The lowest BCUT2D eigenvalue weighted by atomic mass is 10.0. The van der Waals surface area contributed by atoms with E-state index in [0.29, 0.717) is 22.5 Å². The number of hydrogen-bond acceptors (Lipinski definition) is 2. The van der Waals surface area contributed by atoms with Crippen molar-refractivity contribution in [3.8, 4) is 0 Å². The van der Waals surface area contributed by atoms with Crippen molar-refractivity contribution in [1.82, 2.24) is 5.32 Å². The Morgan fingerprint density at radius 1 is 1.37 bits per heavy atom. The molecule has 3 N–H and O–H groups in total. The summed E-state index contributed by atoms with van der Waals surface area (Å²) in [5.74, 6) is 0.402. The third-order valence-corrected chi connectivity index (χ3v) is 4.26. The highest BCUT2D eigenvalue weighted by Crippen LogP contribution is 2.25. The molecule has 0 spiro atoms. The van der Waals surface area contributed by atoms with Crippen LogP contribution in [0.15, 0.2) is 18.2 Å². The molecule has 1 aliphatic rings. The molecular formula is C14H18Cl2N2O. The van der Waals surface area contributed by atoms with Gasteiger partial charge in [-0.2, -0.15) is 0 Å². The van der Waals surface area contributed by atoms with Crippen molar-refractivity contribution in [3.63, 3.8) is 0 Å². The van der Waals surface area contributed by atoms with Gasteiger partial charge in [0.05, 0.1) is 6.42 Å². The van der Waals surface area contributed by atoms with Crippen LogP contribution in [0.3, 0.4) is 0 Å². The Morgan fingerprint density at radius 2 is 2.16 bits per heavy atom. The van der Waals surface area contributed by atoms with E-state index in [0.717, 1.165) is 24.8 Å². The summed E-state index contributed by atoms with van der Waals surface area (Å²) in [6.07, 6.45) is 3.53. The van der Waals surface area contributed by atoms with Crippen LogP contribution in [0.5, 0.6) is 0 Å². The summed E-state index contributed by atoms with van der Waals surface area (Å²) < 4.78 is 0. The molecule has 1 saturated carbocycles. The minimum Gasteiger partial charge on any atom is -0.353 e. The number of carbonyl (C=O) groups excluding carboxylic acids is 1. The first kappa shape index (κ1) is 14.6. The minimum absolute atomic E-state index is 0.00503. The molecule has 104 valence electrons. The summed E-state index contributed by atoms with van der Waals surface area (Å²) in [6, 6.07) is 5.40. The number of rotatable bonds is 4. The van der Waals surface area contributed by atoms with Crippen LogP contribution in [0, 0.1) is 5.92 Å². The number of benzene rings is 1. The molecule has 0 heterocycles.